The van der Waals surface area contributed by atoms with Gasteiger partial charge in [-0.2, -0.15) is 0 Å². The van der Waals surface area contributed by atoms with E-state index in [1.54, 1.807) is 7.05 Å². The lowest BCUT2D eigenvalue weighted by Crippen LogP contribution is -2.36. The van der Waals surface area contributed by atoms with E-state index in [2.05, 4.69) is 5.32 Å². The van der Waals surface area contributed by atoms with Crippen LogP contribution in [0, 0.1) is 20.8 Å². The quantitative estimate of drug-likeness (QED) is 0.669. The number of aromatic nitrogens is 1. The summed E-state index contributed by atoms with van der Waals surface area (Å²) in [5.74, 6) is -0.315. The number of aryl methyl sites for hydroxylation is 4. The van der Waals surface area contributed by atoms with Gasteiger partial charge in [0.25, 0.3) is 5.91 Å². The predicted octanol–water partition coefficient (Wildman–Crippen LogP) is 4.75. The van der Waals surface area contributed by atoms with Crippen LogP contribution in [0.5, 0.6) is 0 Å². The van der Waals surface area contributed by atoms with Crippen LogP contribution >= 0.6 is 0 Å². The second-order valence-corrected chi connectivity index (χ2v) is 8.62. The van der Waals surface area contributed by atoms with Gasteiger partial charge in [-0.15, -0.1) is 0 Å². The number of hydrogen-bond acceptors (Lipinski definition) is 3. The summed E-state index contributed by atoms with van der Waals surface area (Å²) in [4.78, 5) is 32.7. The van der Waals surface area contributed by atoms with Gasteiger partial charge in [0, 0.05) is 23.8 Å². The smallest absolute Gasteiger partial charge is 0.255 e. The highest BCUT2D eigenvalue weighted by molar-refractivity contribution is 6.09. The fourth-order valence-electron chi connectivity index (χ4n) is 4.45. The van der Waals surface area contributed by atoms with E-state index in [0.717, 1.165) is 70.2 Å². The number of carbonyl (C=O) groups is 2. The summed E-state index contributed by atoms with van der Waals surface area (Å²) >= 11 is 0. The SMILES string of the molecule is Cc1ccc2nc3c(c(C(=O)N(C)CC(=O)Nc4c(C)cccc4C)c2c1)CCCC3. The summed E-state index contributed by atoms with van der Waals surface area (Å²) < 4.78 is 0. The van der Waals surface area contributed by atoms with Crippen molar-refractivity contribution in [3.8, 4) is 0 Å². The zero-order valence-electron chi connectivity index (χ0n) is 18.7. The highest BCUT2D eigenvalue weighted by Gasteiger charge is 2.25. The molecule has 2 amide bonds. The molecule has 3 aromatic rings. The first-order chi connectivity index (χ1) is 14.8. The molecule has 1 aliphatic rings. The third kappa shape index (κ3) is 4.18. The maximum atomic E-state index is 13.6. The molecule has 0 unspecified atom stereocenters. The molecule has 1 aliphatic carbocycles. The Bertz CT molecular complexity index is 1160. The van der Waals surface area contributed by atoms with E-state index in [1.165, 1.54) is 4.90 Å². The van der Waals surface area contributed by atoms with E-state index < -0.39 is 0 Å². The minimum atomic E-state index is -0.198. The van der Waals surface area contributed by atoms with Gasteiger partial charge in [0.15, 0.2) is 0 Å². The maximum absolute atomic E-state index is 13.6. The lowest BCUT2D eigenvalue weighted by atomic mass is 9.89. The highest BCUT2D eigenvalue weighted by Crippen LogP contribution is 2.30. The van der Waals surface area contributed by atoms with Crippen LogP contribution in [0.25, 0.3) is 10.9 Å². The number of para-hydroxylation sites is 1. The third-order valence-corrected chi connectivity index (χ3v) is 6.10. The molecule has 0 radical (unpaired) electrons. The summed E-state index contributed by atoms with van der Waals surface area (Å²) in [5, 5.41) is 3.86. The number of amides is 2. The molecule has 0 fully saturated rings. The molecule has 0 saturated heterocycles. The number of likely N-dealkylation sites (N-methyl/N-ethyl adjacent to an activating group) is 1. The van der Waals surface area contributed by atoms with Gasteiger partial charge in [0.05, 0.1) is 17.6 Å². The first-order valence-electron chi connectivity index (χ1n) is 10.9. The highest BCUT2D eigenvalue weighted by atomic mass is 16.2. The Labute approximate surface area is 183 Å². The van der Waals surface area contributed by atoms with Crippen molar-refractivity contribution in [3.63, 3.8) is 0 Å². The molecule has 5 nitrogen and oxygen atoms in total. The Morgan fingerprint density at radius 3 is 2.48 bits per heavy atom. The van der Waals surface area contributed by atoms with Gasteiger partial charge in [0.2, 0.25) is 5.91 Å². The summed E-state index contributed by atoms with van der Waals surface area (Å²) in [5.41, 5.74) is 7.56. The molecular formula is C26H29N3O2. The number of rotatable bonds is 4. The molecule has 0 saturated carbocycles. The molecule has 4 rings (SSSR count). The summed E-state index contributed by atoms with van der Waals surface area (Å²) in [7, 11) is 1.70. The van der Waals surface area contributed by atoms with E-state index in [9.17, 15) is 9.59 Å². The summed E-state index contributed by atoms with van der Waals surface area (Å²) in [6, 6.07) is 12.0. The van der Waals surface area contributed by atoms with E-state index in [0.29, 0.717) is 5.56 Å². The Morgan fingerprint density at radius 1 is 1.03 bits per heavy atom. The molecule has 0 aliphatic heterocycles. The largest absolute Gasteiger partial charge is 0.332 e. The summed E-state index contributed by atoms with van der Waals surface area (Å²) in [6.07, 6.45) is 3.91. The third-order valence-electron chi connectivity index (χ3n) is 6.10. The molecule has 1 aromatic heterocycles. The second kappa shape index (κ2) is 8.50. The molecule has 0 atom stereocenters. The average Bonchev–Trinajstić information content (AvgIpc) is 2.74. The number of nitrogens with one attached hydrogen (secondary N) is 1. The Hall–Kier alpha value is -3.21. The van der Waals surface area contributed by atoms with Crippen molar-refractivity contribution in [2.75, 3.05) is 18.9 Å². The van der Waals surface area contributed by atoms with Gasteiger partial charge in [-0.05, 0) is 75.3 Å². The molecular weight excluding hydrogens is 386 g/mol. The minimum absolute atomic E-state index is 0.00296. The van der Waals surface area contributed by atoms with Crippen LogP contribution in [-0.4, -0.2) is 35.3 Å². The van der Waals surface area contributed by atoms with Gasteiger partial charge in [-0.3, -0.25) is 14.6 Å². The van der Waals surface area contributed by atoms with Crippen molar-refractivity contribution in [2.45, 2.75) is 46.5 Å². The number of benzene rings is 2. The van der Waals surface area contributed by atoms with Crippen molar-refractivity contribution >= 4 is 28.4 Å². The number of pyridine rings is 1. The Morgan fingerprint density at radius 2 is 1.74 bits per heavy atom. The Balaban J connectivity index is 1.64. The van der Waals surface area contributed by atoms with Crippen molar-refractivity contribution in [2.24, 2.45) is 0 Å². The molecule has 1 N–H and O–H groups in total. The zero-order chi connectivity index (χ0) is 22.1. The molecule has 31 heavy (non-hydrogen) atoms. The molecule has 0 spiro atoms. The lowest BCUT2D eigenvalue weighted by Gasteiger charge is -2.24. The lowest BCUT2D eigenvalue weighted by molar-refractivity contribution is -0.116. The van der Waals surface area contributed by atoms with Crippen molar-refractivity contribution < 1.29 is 9.59 Å². The van der Waals surface area contributed by atoms with Crippen LogP contribution in [0.15, 0.2) is 36.4 Å². The van der Waals surface area contributed by atoms with Gasteiger partial charge in [-0.25, -0.2) is 0 Å². The summed E-state index contributed by atoms with van der Waals surface area (Å²) in [6.45, 7) is 5.95. The molecule has 2 aromatic carbocycles. The van der Waals surface area contributed by atoms with Crippen molar-refractivity contribution in [3.05, 3.63) is 69.9 Å². The van der Waals surface area contributed by atoms with E-state index in [4.69, 9.17) is 4.98 Å². The normalized spacial score (nSPS) is 13.0. The average molecular weight is 416 g/mol. The maximum Gasteiger partial charge on any atom is 0.255 e. The first-order valence-corrected chi connectivity index (χ1v) is 10.9. The number of anilines is 1. The molecule has 0 bridgehead atoms. The Kier molecular flexibility index (Phi) is 5.77. The van der Waals surface area contributed by atoms with Crippen molar-refractivity contribution in [1.82, 2.24) is 9.88 Å². The van der Waals surface area contributed by atoms with Crippen LogP contribution in [0.1, 0.15) is 51.1 Å². The number of hydrogen-bond donors (Lipinski definition) is 1. The standard InChI is InChI=1S/C26H29N3O2/c1-16-12-13-22-20(14-16)24(19-10-5-6-11-21(19)27-22)26(31)29(4)15-23(30)28-25-17(2)8-7-9-18(25)3/h7-9,12-14H,5-6,10-11,15H2,1-4H3,(H,28,30). The van der Waals surface area contributed by atoms with Gasteiger partial charge < -0.3 is 10.2 Å². The van der Waals surface area contributed by atoms with Crippen LogP contribution in [0.4, 0.5) is 5.69 Å². The van der Waals surface area contributed by atoms with Gasteiger partial charge in [0.1, 0.15) is 0 Å². The molecule has 5 heteroatoms. The predicted molar refractivity (Wildman–Crippen MR) is 125 cm³/mol. The number of carbonyl (C=O) groups excluding carboxylic acids is 2. The van der Waals surface area contributed by atoms with E-state index in [1.807, 2.05) is 57.2 Å². The van der Waals surface area contributed by atoms with E-state index in [-0.39, 0.29) is 18.4 Å². The van der Waals surface area contributed by atoms with Crippen LogP contribution in [0.2, 0.25) is 0 Å². The van der Waals surface area contributed by atoms with E-state index >= 15 is 0 Å². The molecule has 160 valence electrons. The molecule has 1 heterocycles. The zero-order valence-corrected chi connectivity index (χ0v) is 18.7. The van der Waals surface area contributed by atoms with Gasteiger partial charge >= 0.3 is 0 Å². The number of fused-ring (bicyclic) bond motifs is 2. The first kappa shape index (κ1) is 21.0. The second-order valence-electron chi connectivity index (χ2n) is 8.62. The van der Waals surface area contributed by atoms with Gasteiger partial charge in [-0.1, -0.05) is 29.8 Å². The topological polar surface area (TPSA) is 62.3 Å². The van der Waals surface area contributed by atoms with Crippen LogP contribution in [0.3, 0.4) is 0 Å². The van der Waals surface area contributed by atoms with Crippen LogP contribution < -0.4 is 5.32 Å². The number of nitrogens with zero attached hydrogens (tertiary/aromatic N) is 2. The monoisotopic (exact) mass is 415 g/mol. The fourth-order valence-corrected chi connectivity index (χ4v) is 4.45. The fraction of sp³-hybridized carbons (Fsp3) is 0.346. The minimum Gasteiger partial charge on any atom is -0.332 e. The van der Waals surface area contributed by atoms with Crippen LogP contribution in [-0.2, 0) is 17.6 Å². The van der Waals surface area contributed by atoms with Crippen molar-refractivity contribution in [1.29, 1.82) is 0 Å².